The number of unbranched alkanes of at least 4 members (excludes halogenated alkanes) is 4. The van der Waals surface area contributed by atoms with Gasteiger partial charge in [0.2, 0.25) is 0 Å². The minimum Gasteiger partial charge on any atom is -0.309 e. The first kappa shape index (κ1) is 16.2. The first-order chi connectivity index (χ1) is 9.05. The Hall–Kier alpha value is -0.820. The van der Waals surface area contributed by atoms with Crippen molar-refractivity contribution in [2.45, 2.75) is 65.8 Å². The standard InChI is InChI=1S/C18H31N/c1-5-6-7-8-12-15-19-17(18(2,3)4)16-13-10-9-11-14-16/h9-11,13-14,17,19H,5-8,12,15H2,1-4H3. The molecule has 19 heavy (non-hydrogen) atoms. The van der Waals surface area contributed by atoms with Crippen LogP contribution in [0.2, 0.25) is 0 Å². The van der Waals surface area contributed by atoms with Crippen molar-refractivity contribution in [2.24, 2.45) is 5.41 Å². The van der Waals surface area contributed by atoms with Gasteiger partial charge in [-0.05, 0) is 23.9 Å². The van der Waals surface area contributed by atoms with Crippen LogP contribution < -0.4 is 5.32 Å². The molecule has 1 rings (SSSR count). The van der Waals surface area contributed by atoms with E-state index >= 15 is 0 Å². The van der Waals surface area contributed by atoms with Crippen molar-refractivity contribution in [1.29, 1.82) is 0 Å². The highest BCUT2D eigenvalue weighted by atomic mass is 14.9. The molecule has 1 heteroatoms. The largest absolute Gasteiger partial charge is 0.309 e. The van der Waals surface area contributed by atoms with Crippen molar-refractivity contribution in [1.82, 2.24) is 5.32 Å². The quantitative estimate of drug-likeness (QED) is 0.623. The predicted octanol–water partition coefficient (Wildman–Crippen LogP) is 5.33. The van der Waals surface area contributed by atoms with Gasteiger partial charge in [0.25, 0.3) is 0 Å². The zero-order chi connectivity index (χ0) is 14.1. The minimum absolute atomic E-state index is 0.255. The van der Waals surface area contributed by atoms with Gasteiger partial charge in [-0.25, -0.2) is 0 Å². The molecule has 1 unspecified atom stereocenters. The maximum absolute atomic E-state index is 3.75. The van der Waals surface area contributed by atoms with Gasteiger partial charge < -0.3 is 5.32 Å². The Labute approximate surface area is 119 Å². The Bertz CT molecular complexity index is 323. The van der Waals surface area contributed by atoms with E-state index in [-0.39, 0.29) is 5.41 Å². The van der Waals surface area contributed by atoms with E-state index in [2.05, 4.69) is 63.3 Å². The van der Waals surface area contributed by atoms with Gasteiger partial charge in [-0.15, -0.1) is 0 Å². The number of benzene rings is 1. The van der Waals surface area contributed by atoms with Crippen LogP contribution in [-0.2, 0) is 0 Å². The average molecular weight is 261 g/mol. The summed E-state index contributed by atoms with van der Waals surface area (Å²) in [5, 5.41) is 3.75. The second kappa shape index (κ2) is 8.37. The lowest BCUT2D eigenvalue weighted by Gasteiger charge is -2.32. The molecular weight excluding hydrogens is 230 g/mol. The highest BCUT2D eigenvalue weighted by molar-refractivity contribution is 5.20. The van der Waals surface area contributed by atoms with Crippen molar-refractivity contribution in [3.8, 4) is 0 Å². The van der Waals surface area contributed by atoms with Gasteiger partial charge in [-0.2, -0.15) is 0 Å². The molecule has 0 aliphatic rings. The monoisotopic (exact) mass is 261 g/mol. The molecule has 0 aromatic heterocycles. The molecule has 0 saturated heterocycles. The van der Waals surface area contributed by atoms with Gasteiger partial charge in [-0.3, -0.25) is 0 Å². The highest BCUT2D eigenvalue weighted by Crippen LogP contribution is 2.32. The summed E-state index contributed by atoms with van der Waals surface area (Å²) >= 11 is 0. The summed E-state index contributed by atoms with van der Waals surface area (Å²) in [5.41, 5.74) is 1.66. The smallest absolute Gasteiger partial charge is 0.0369 e. The Morgan fingerprint density at radius 2 is 1.58 bits per heavy atom. The summed E-state index contributed by atoms with van der Waals surface area (Å²) in [6, 6.07) is 11.3. The van der Waals surface area contributed by atoms with Crippen LogP contribution in [0, 0.1) is 5.41 Å². The molecule has 0 amide bonds. The summed E-state index contributed by atoms with van der Waals surface area (Å²) in [6.07, 6.45) is 6.72. The summed E-state index contributed by atoms with van der Waals surface area (Å²) in [6.45, 7) is 10.3. The number of nitrogens with one attached hydrogen (secondary N) is 1. The lowest BCUT2D eigenvalue weighted by atomic mass is 9.82. The summed E-state index contributed by atoms with van der Waals surface area (Å²) in [4.78, 5) is 0. The minimum atomic E-state index is 0.255. The first-order valence-corrected chi connectivity index (χ1v) is 7.84. The summed E-state index contributed by atoms with van der Waals surface area (Å²) in [5.74, 6) is 0. The Morgan fingerprint density at radius 1 is 0.947 bits per heavy atom. The molecule has 0 aliphatic carbocycles. The molecule has 0 fully saturated rings. The molecule has 1 aromatic rings. The highest BCUT2D eigenvalue weighted by Gasteiger charge is 2.25. The van der Waals surface area contributed by atoms with E-state index in [1.165, 1.54) is 37.7 Å². The van der Waals surface area contributed by atoms with Crippen molar-refractivity contribution in [3.63, 3.8) is 0 Å². The normalized spacial score (nSPS) is 13.5. The van der Waals surface area contributed by atoms with E-state index in [0.29, 0.717) is 6.04 Å². The fourth-order valence-electron chi connectivity index (χ4n) is 2.54. The number of rotatable bonds is 8. The fraction of sp³-hybridized carbons (Fsp3) is 0.667. The third-order valence-electron chi connectivity index (χ3n) is 3.63. The van der Waals surface area contributed by atoms with Crippen LogP contribution in [0.25, 0.3) is 0 Å². The molecule has 1 atom stereocenters. The molecule has 0 saturated carbocycles. The van der Waals surface area contributed by atoms with Gasteiger partial charge >= 0.3 is 0 Å². The summed E-state index contributed by atoms with van der Waals surface area (Å²) in [7, 11) is 0. The maximum atomic E-state index is 3.75. The van der Waals surface area contributed by atoms with E-state index < -0.39 is 0 Å². The Morgan fingerprint density at radius 3 is 2.16 bits per heavy atom. The second-order valence-corrected chi connectivity index (χ2v) is 6.58. The van der Waals surface area contributed by atoms with Gasteiger partial charge in [0.05, 0.1) is 0 Å². The maximum Gasteiger partial charge on any atom is 0.0369 e. The van der Waals surface area contributed by atoms with Crippen LogP contribution in [-0.4, -0.2) is 6.54 Å². The number of hydrogen-bond donors (Lipinski definition) is 1. The molecular formula is C18H31N. The van der Waals surface area contributed by atoms with Crippen LogP contribution in [0.1, 0.15) is 71.4 Å². The van der Waals surface area contributed by atoms with E-state index in [9.17, 15) is 0 Å². The van der Waals surface area contributed by atoms with Gasteiger partial charge in [0.1, 0.15) is 0 Å². The van der Waals surface area contributed by atoms with E-state index in [1.54, 1.807) is 0 Å². The van der Waals surface area contributed by atoms with Crippen LogP contribution >= 0.6 is 0 Å². The average Bonchev–Trinajstić information content (AvgIpc) is 2.37. The van der Waals surface area contributed by atoms with Gasteiger partial charge in [0.15, 0.2) is 0 Å². The van der Waals surface area contributed by atoms with Gasteiger partial charge in [0, 0.05) is 6.04 Å². The zero-order valence-electron chi connectivity index (χ0n) is 13.2. The van der Waals surface area contributed by atoms with Gasteiger partial charge in [-0.1, -0.05) is 83.7 Å². The molecule has 0 aliphatic heterocycles. The van der Waals surface area contributed by atoms with E-state index in [0.717, 1.165) is 6.54 Å². The number of hydrogen-bond acceptors (Lipinski definition) is 1. The Balaban J connectivity index is 2.44. The molecule has 1 aromatic carbocycles. The molecule has 0 heterocycles. The second-order valence-electron chi connectivity index (χ2n) is 6.58. The summed E-state index contributed by atoms with van der Waals surface area (Å²) < 4.78 is 0. The molecule has 1 nitrogen and oxygen atoms in total. The van der Waals surface area contributed by atoms with Crippen LogP contribution in [0.4, 0.5) is 0 Å². The zero-order valence-corrected chi connectivity index (χ0v) is 13.2. The van der Waals surface area contributed by atoms with Crippen molar-refractivity contribution in [3.05, 3.63) is 35.9 Å². The third kappa shape index (κ3) is 6.24. The van der Waals surface area contributed by atoms with E-state index in [1.807, 2.05) is 0 Å². The topological polar surface area (TPSA) is 12.0 Å². The fourth-order valence-corrected chi connectivity index (χ4v) is 2.54. The third-order valence-corrected chi connectivity index (χ3v) is 3.63. The van der Waals surface area contributed by atoms with Crippen molar-refractivity contribution < 1.29 is 0 Å². The SMILES string of the molecule is CCCCCCCNC(c1ccccc1)C(C)(C)C. The predicted molar refractivity (Wildman–Crippen MR) is 85.4 cm³/mol. The lowest BCUT2D eigenvalue weighted by molar-refractivity contribution is 0.271. The molecule has 0 radical (unpaired) electrons. The lowest BCUT2D eigenvalue weighted by Crippen LogP contribution is -2.33. The van der Waals surface area contributed by atoms with Crippen molar-refractivity contribution >= 4 is 0 Å². The van der Waals surface area contributed by atoms with Crippen LogP contribution in [0.5, 0.6) is 0 Å². The molecule has 108 valence electrons. The van der Waals surface area contributed by atoms with E-state index in [4.69, 9.17) is 0 Å². The molecule has 0 spiro atoms. The van der Waals surface area contributed by atoms with Crippen molar-refractivity contribution in [2.75, 3.05) is 6.54 Å². The Kier molecular flexibility index (Phi) is 7.15. The van der Waals surface area contributed by atoms with Crippen LogP contribution in [0.15, 0.2) is 30.3 Å². The molecule has 0 bridgehead atoms. The molecule has 1 N–H and O–H groups in total. The van der Waals surface area contributed by atoms with Crippen LogP contribution in [0.3, 0.4) is 0 Å². The first-order valence-electron chi connectivity index (χ1n) is 7.84.